The Morgan fingerprint density at radius 2 is 2.15 bits per heavy atom. The van der Waals surface area contributed by atoms with Crippen molar-refractivity contribution in [2.45, 2.75) is 45.7 Å². The van der Waals surface area contributed by atoms with E-state index in [0.717, 1.165) is 31.6 Å². The quantitative estimate of drug-likeness (QED) is 0.901. The molecule has 20 heavy (non-hydrogen) atoms. The predicted molar refractivity (Wildman–Crippen MR) is 84.1 cm³/mol. The van der Waals surface area contributed by atoms with Gasteiger partial charge in [0.1, 0.15) is 5.82 Å². The zero-order valence-electron chi connectivity index (χ0n) is 12.5. The van der Waals surface area contributed by atoms with Crippen LogP contribution in [-0.4, -0.2) is 25.2 Å². The summed E-state index contributed by atoms with van der Waals surface area (Å²) in [5.74, 6) is 0.198. The van der Waals surface area contributed by atoms with Crippen LogP contribution in [0.4, 0.5) is 10.1 Å². The Bertz CT molecular complexity index is 452. The van der Waals surface area contributed by atoms with Crippen LogP contribution in [-0.2, 0) is 0 Å². The maximum Gasteiger partial charge on any atom is 0.143 e. The third-order valence-corrected chi connectivity index (χ3v) is 4.77. The summed E-state index contributed by atoms with van der Waals surface area (Å²) in [6.45, 7) is 8.70. The normalized spacial score (nSPS) is 26.9. The van der Waals surface area contributed by atoms with Crippen LogP contribution >= 0.6 is 11.6 Å². The number of nitrogens with zero attached hydrogens (tertiary/aromatic N) is 1. The molecule has 0 aromatic heterocycles. The lowest BCUT2D eigenvalue weighted by Gasteiger charge is -2.44. The van der Waals surface area contributed by atoms with E-state index in [9.17, 15) is 4.39 Å². The van der Waals surface area contributed by atoms with E-state index < -0.39 is 0 Å². The molecule has 1 saturated heterocycles. The second-order valence-corrected chi connectivity index (χ2v) is 6.15. The Morgan fingerprint density at radius 3 is 2.80 bits per heavy atom. The average Bonchev–Trinajstić information content (AvgIpc) is 2.44. The van der Waals surface area contributed by atoms with Gasteiger partial charge in [0.25, 0.3) is 0 Å². The van der Waals surface area contributed by atoms with E-state index in [1.54, 1.807) is 12.1 Å². The van der Waals surface area contributed by atoms with E-state index >= 15 is 0 Å². The van der Waals surface area contributed by atoms with Crippen molar-refractivity contribution in [3.63, 3.8) is 0 Å². The fourth-order valence-corrected chi connectivity index (χ4v) is 3.13. The Kier molecular flexibility index (Phi) is 5.28. The van der Waals surface area contributed by atoms with E-state index in [1.807, 2.05) is 6.07 Å². The summed E-state index contributed by atoms with van der Waals surface area (Å²) in [5, 5.41) is 3.81. The number of benzene rings is 1. The molecule has 1 heterocycles. The van der Waals surface area contributed by atoms with Crippen LogP contribution in [0.2, 0.25) is 5.02 Å². The maximum atomic E-state index is 13.6. The number of nitrogens with one attached hydrogen (secondary N) is 1. The third-order valence-electron chi connectivity index (χ3n) is 4.46. The van der Waals surface area contributed by atoms with Gasteiger partial charge in [-0.3, -0.25) is 0 Å². The number of halogens is 2. The number of hydrogen-bond acceptors (Lipinski definition) is 2. The summed E-state index contributed by atoms with van der Waals surface area (Å²) in [6.07, 6.45) is 2.25. The maximum absolute atomic E-state index is 13.6. The first kappa shape index (κ1) is 15.6. The van der Waals surface area contributed by atoms with Crippen molar-refractivity contribution in [3.8, 4) is 0 Å². The van der Waals surface area contributed by atoms with Crippen molar-refractivity contribution < 1.29 is 4.39 Å². The van der Waals surface area contributed by atoms with Gasteiger partial charge in [-0.1, -0.05) is 25.4 Å². The monoisotopic (exact) mass is 298 g/mol. The number of anilines is 1. The van der Waals surface area contributed by atoms with Gasteiger partial charge in [-0.2, -0.15) is 0 Å². The molecule has 0 spiro atoms. The molecular formula is C16H24ClFN2. The van der Waals surface area contributed by atoms with Gasteiger partial charge in [0.05, 0.1) is 5.02 Å². The van der Waals surface area contributed by atoms with Gasteiger partial charge >= 0.3 is 0 Å². The summed E-state index contributed by atoms with van der Waals surface area (Å²) < 4.78 is 13.6. The summed E-state index contributed by atoms with van der Waals surface area (Å²) in [7, 11) is 0. The van der Waals surface area contributed by atoms with Gasteiger partial charge < -0.3 is 10.2 Å². The number of rotatable bonds is 4. The number of hydrogen-bond donors (Lipinski definition) is 1. The molecule has 1 aromatic rings. The molecule has 0 aliphatic carbocycles. The fraction of sp³-hybridized carbons (Fsp3) is 0.625. The topological polar surface area (TPSA) is 15.3 Å². The van der Waals surface area contributed by atoms with Crippen molar-refractivity contribution in [3.05, 3.63) is 29.0 Å². The Labute approximate surface area is 126 Å². The molecule has 1 aliphatic rings. The SMILES string of the molecule is CCCNC1CCN(c2ccc(Cl)c(F)c2)C(C)C1C. The zero-order chi connectivity index (χ0) is 14.7. The molecule has 0 saturated carbocycles. The number of piperidine rings is 1. The summed E-state index contributed by atoms with van der Waals surface area (Å²) in [6, 6.07) is 6.04. The highest BCUT2D eigenvalue weighted by Gasteiger charge is 2.32. The van der Waals surface area contributed by atoms with Gasteiger partial charge in [-0.25, -0.2) is 4.39 Å². The van der Waals surface area contributed by atoms with Gasteiger partial charge in [-0.05, 0) is 50.4 Å². The van der Waals surface area contributed by atoms with Crippen LogP contribution in [0.25, 0.3) is 0 Å². The largest absolute Gasteiger partial charge is 0.368 e. The highest BCUT2D eigenvalue weighted by molar-refractivity contribution is 6.30. The third kappa shape index (κ3) is 3.26. The van der Waals surface area contributed by atoms with E-state index in [-0.39, 0.29) is 10.8 Å². The molecule has 2 rings (SSSR count). The van der Waals surface area contributed by atoms with E-state index in [2.05, 4.69) is 31.0 Å². The van der Waals surface area contributed by atoms with Gasteiger partial charge in [0.15, 0.2) is 0 Å². The fourth-order valence-electron chi connectivity index (χ4n) is 3.01. The molecule has 3 atom stereocenters. The lowest BCUT2D eigenvalue weighted by atomic mass is 9.86. The van der Waals surface area contributed by atoms with Crippen molar-refractivity contribution in [2.75, 3.05) is 18.0 Å². The van der Waals surface area contributed by atoms with Crippen molar-refractivity contribution >= 4 is 17.3 Å². The second-order valence-electron chi connectivity index (χ2n) is 5.74. The molecular weight excluding hydrogens is 275 g/mol. The first-order valence-electron chi connectivity index (χ1n) is 7.49. The van der Waals surface area contributed by atoms with Crippen molar-refractivity contribution in [1.29, 1.82) is 0 Å². The molecule has 1 aromatic carbocycles. The highest BCUT2D eigenvalue weighted by Crippen LogP contribution is 2.30. The zero-order valence-corrected chi connectivity index (χ0v) is 13.3. The van der Waals surface area contributed by atoms with Gasteiger partial charge in [-0.15, -0.1) is 0 Å². The van der Waals surface area contributed by atoms with Crippen LogP contribution in [0, 0.1) is 11.7 Å². The van der Waals surface area contributed by atoms with Crippen LogP contribution in [0.1, 0.15) is 33.6 Å². The summed E-state index contributed by atoms with van der Waals surface area (Å²) in [5.41, 5.74) is 0.931. The molecule has 0 amide bonds. The second kappa shape index (κ2) is 6.77. The molecule has 2 nitrogen and oxygen atoms in total. The summed E-state index contributed by atoms with van der Waals surface area (Å²) >= 11 is 5.76. The highest BCUT2D eigenvalue weighted by atomic mass is 35.5. The molecule has 4 heteroatoms. The van der Waals surface area contributed by atoms with Crippen LogP contribution in [0.15, 0.2) is 18.2 Å². The lowest BCUT2D eigenvalue weighted by molar-refractivity contribution is 0.271. The molecule has 112 valence electrons. The van der Waals surface area contributed by atoms with E-state index in [4.69, 9.17) is 11.6 Å². The Hall–Kier alpha value is -0.800. The predicted octanol–water partition coefficient (Wildman–Crippen LogP) is 4.08. The first-order valence-corrected chi connectivity index (χ1v) is 7.87. The minimum Gasteiger partial charge on any atom is -0.368 e. The molecule has 0 bridgehead atoms. The van der Waals surface area contributed by atoms with Gasteiger partial charge in [0.2, 0.25) is 0 Å². The van der Waals surface area contributed by atoms with Crippen molar-refractivity contribution in [2.24, 2.45) is 5.92 Å². The van der Waals surface area contributed by atoms with E-state index in [0.29, 0.717) is 18.0 Å². The van der Waals surface area contributed by atoms with Crippen molar-refractivity contribution in [1.82, 2.24) is 5.32 Å². The summed E-state index contributed by atoms with van der Waals surface area (Å²) in [4.78, 5) is 2.29. The standard InChI is InChI=1S/C16H24ClFN2/c1-4-8-19-16-7-9-20(12(3)11(16)2)13-5-6-14(17)15(18)10-13/h5-6,10-12,16,19H,4,7-9H2,1-3H3. The van der Waals surface area contributed by atoms with Crippen LogP contribution in [0.5, 0.6) is 0 Å². The minimum atomic E-state index is -0.338. The molecule has 3 unspecified atom stereocenters. The van der Waals surface area contributed by atoms with Crippen LogP contribution in [0.3, 0.4) is 0 Å². The lowest BCUT2D eigenvalue weighted by Crippen LogP contribution is -2.53. The first-order chi connectivity index (χ1) is 9.54. The Morgan fingerprint density at radius 1 is 1.40 bits per heavy atom. The molecule has 1 N–H and O–H groups in total. The molecule has 0 radical (unpaired) electrons. The van der Waals surface area contributed by atoms with E-state index in [1.165, 1.54) is 0 Å². The average molecular weight is 299 g/mol. The smallest absolute Gasteiger partial charge is 0.143 e. The molecule has 1 fully saturated rings. The Balaban J connectivity index is 2.09. The minimum absolute atomic E-state index is 0.189. The molecule has 1 aliphatic heterocycles. The van der Waals surface area contributed by atoms with Crippen LogP contribution < -0.4 is 10.2 Å². The van der Waals surface area contributed by atoms with Gasteiger partial charge in [0, 0.05) is 24.3 Å².